The predicted octanol–water partition coefficient (Wildman–Crippen LogP) is 1.48. The summed E-state index contributed by atoms with van der Waals surface area (Å²) in [6, 6.07) is 4.46. The molecule has 0 N–H and O–H groups in total. The maximum atomic E-state index is 11.0. The van der Waals surface area contributed by atoms with Crippen LogP contribution in [0, 0.1) is 0 Å². The molecule has 0 atom stereocenters. The molecule has 0 bridgehead atoms. The average Bonchev–Trinajstić information content (AvgIpc) is 2.16. The average molecular weight is 235 g/mol. The van der Waals surface area contributed by atoms with E-state index >= 15 is 0 Å². The number of benzene rings is 1. The summed E-state index contributed by atoms with van der Waals surface area (Å²) in [5.41, 5.74) is 0.820. The fourth-order valence-electron chi connectivity index (χ4n) is 1.20. The van der Waals surface area contributed by atoms with E-state index in [1.807, 2.05) is 0 Å². The Balaban J connectivity index is 2.49. The van der Waals surface area contributed by atoms with Gasteiger partial charge in [0.25, 0.3) is 9.05 Å². The van der Waals surface area contributed by atoms with Gasteiger partial charge in [-0.2, -0.15) is 0 Å². The highest BCUT2D eigenvalue weighted by atomic mass is 35.7. The monoisotopic (exact) mass is 234 g/mol. The van der Waals surface area contributed by atoms with Gasteiger partial charge in [-0.1, -0.05) is 6.07 Å². The molecule has 0 saturated heterocycles. The van der Waals surface area contributed by atoms with Crippen LogP contribution in [0.4, 0.5) is 0 Å². The number of hydrogen-bond donors (Lipinski definition) is 0. The number of rotatable bonds is 1. The second-order valence-electron chi connectivity index (χ2n) is 2.82. The third kappa shape index (κ3) is 1.84. The third-order valence-electron chi connectivity index (χ3n) is 1.88. The van der Waals surface area contributed by atoms with Crippen molar-refractivity contribution >= 4 is 19.7 Å². The van der Waals surface area contributed by atoms with E-state index in [0.29, 0.717) is 12.4 Å². The summed E-state index contributed by atoms with van der Waals surface area (Å²) in [6.07, 6.45) is 0. The molecule has 2 rings (SSSR count). The van der Waals surface area contributed by atoms with Crippen molar-refractivity contribution < 1.29 is 17.9 Å². The molecule has 6 heteroatoms. The van der Waals surface area contributed by atoms with Crippen molar-refractivity contribution in [2.45, 2.75) is 11.5 Å². The van der Waals surface area contributed by atoms with Gasteiger partial charge in [0.15, 0.2) is 6.79 Å². The molecule has 1 aromatic rings. The van der Waals surface area contributed by atoms with Crippen LogP contribution in [-0.4, -0.2) is 15.2 Å². The normalized spacial score (nSPS) is 15.8. The standard InChI is InChI=1S/C8H7ClO4S/c9-14(10,11)7-2-1-6-4-12-5-13-8(6)3-7/h1-3H,4-5H2. The number of halogens is 1. The zero-order valence-electron chi connectivity index (χ0n) is 7.07. The van der Waals surface area contributed by atoms with Crippen LogP contribution in [0.2, 0.25) is 0 Å². The van der Waals surface area contributed by atoms with Crippen LogP contribution < -0.4 is 4.74 Å². The number of hydrogen-bond acceptors (Lipinski definition) is 4. The van der Waals surface area contributed by atoms with Crippen molar-refractivity contribution in [1.29, 1.82) is 0 Å². The molecule has 0 radical (unpaired) electrons. The van der Waals surface area contributed by atoms with E-state index in [9.17, 15) is 8.42 Å². The topological polar surface area (TPSA) is 52.6 Å². The summed E-state index contributed by atoms with van der Waals surface area (Å²) in [5, 5.41) is 0. The molecule has 4 nitrogen and oxygen atoms in total. The minimum Gasteiger partial charge on any atom is -0.467 e. The molecule has 0 fully saturated rings. The Bertz CT molecular complexity index is 454. The lowest BCUT2D eigenvalue weighted by atomic mass is 10.2. The first-order valence-electron chi connectivity index (χ1n) is 3.85. The van der Waals surface area contributed by atoms with Gasteiger partial charge in [-0.3, -0.25) is 0 Å². The second-order valence-corrected chi connectivity index (χ2v) is 5.38. The van der Waals surface area contributed by atoms with Crippen molar-refractivity contribution in [2.75, 3.05) is 6.79 Å². The Morgan fingerprint density at radius 2 is 2.14 bits per heavy atom. The quantitative estimate of drug-likeness (QED) is 0.691. The van der Waals surface area contributed by atoms with Crippen LogP contribution >= 0.6 is 10.7 Å². The number of ether oxygens (including phenoxy) is 2. The van der Waals surface area contributed by atoms with Gasteiger partial charge in [0.05, 0.1) is 11.5 Å². The second kappa shape index (κ2) is 3.42. The zero-order chi connectivity index (χ0) is 10.2. The van der Waals surface area contributed by atoms with E-state index in [2.05, 4.69) is 0 Å². The molecule has 1 aliphatic rings. The Morgan fingerprint density at radius 3 is 2.86 bits per heavy atom. The molecule has 76 valence electrons. The van der Waals surface area contributed by atoms with Crippen molar-refractivity contribution in [3.8, 4) is 5.75 Å². The van der Waals surface area contributed by atoms with E-state index in [1.54, 1.807) is 6.07 Å². The first-order valence-corrected chi connectivity index (χ1v) is 6.16. The molecule has 0 spiro atoms. The zero-order valence-corrected chi connectivity index (χ0v) is 8.64. The first-order chi connectivity index (χ1) is 6.57. The fraction of sp³-hybridized carbons (Fsp3) is 0.250. The highest BCUT2D eigenvalue weighted by Gasteiger charge is 2.16. The Labute approximate surface area is 85.8 Å². The maximum Gasteiger partial charge on any atom is 0.261 e. The lowest BCUT2D eigenvalue weighted by Gasteiger charge is -2.17. The van der Waals surface area contributed by atoms with Crippen molar-refractivity contribution in [3.63, 3.8) is 0 Å². The molecule has 0 unspecified atom stereocenters. The molecule has 1 heterocycles. The molecule has 0 amide bonds. The maximum absolute atomic E-state index is 11.0. The van der Waals surface area contributed by atoms with Gasteiger partial charge in [-0.25, -0.2) is 8.42 Å². The molecule has 1 aromatic carbocycles. The van der Waals surface area contributed by atoms with E-state index in [-0.39, 0.29) is 11.7 Å². The first kappa shape index (κ1) is 9.76. The highest BCUT2D eigenvalue weighted by Crippen LogP contribution is 2.27. The van der Waals surface area contributed by atoms with Gasteiger partial charge >= 0.3 is 0 Å². The lowest BCUT2D eigenvalue weighted by Crippen LogP contribution is -2.11. The van der Waals surface area contributed by atoms with Crippen molar-refractivity contribution in [1.82, 2.24) is 0 Å². The summed E-state index contributed by atoms with van der Waals surface area (Å²) in [4.78, 5) is 0.0415. The highest BCUT2D eigenvalue weighted by molar-refractivity contribution is 8.13. The molecule has 0 aliphatic carbocycles. The molecule has 14 heavy (non-hydrogen) atoms. The number of fused-ring (bicyclic) bond motifs is 1. The predicted molar refractivity (Wildman–Crippen MR) is 49.8 cm³/mol. The summed E-state index contributed by atoms with van der Waals surface area (Å²) >= 11 is 0. The lowest BCUT2D eigenvalue weighted by molar-refractivity contribution is -0.0165. The molecule has 1 aliphatic heterocycles. The SMILES string of the molecule is O=S(=O)(Cl)c1ccc2c(c1)OCOC2. The summed E-state index contributed by atoms with van der Waals surface area (Å²) < 4.78 is 32.1. The largest absolute Gasteiger partial charge is 0.467 e. The van der Waals surface area contributed by atoms with Crippen LogP contribution in [0.25, 0.3) is 0 Å². The van der Waals surface area contributed by atoms with Crippen LogP contribution in [-0.2, 0) is 20.4 Å². The minimum atomic E-state index is -3.68. The minimum absolute atomic E-state index is 0.0415. The third-order valence-corrected chi connectivity index (χ3v) is 3.23. The fourth-order valence-corrected chi connectivity index (χ4v) is 1.96. The van der Waals surface area contributed by atoms with Gasteiger partial charge < -0.3 is 9.47 Å². The van der Waals surface area contributed by atoms with E-state index in [4.69, 9.17) is 20.2 Å². The summed E-state index contributed by atoms with van der Waals surface area (Å²) in [7, 11) is 1.50. The van der Waals surface area contributed by atoms with Crippen LogP contribution in [0.1, 0.15) is 5.56 Å². The molecular weight excluding hydrogens is 228 g/mol. The Kier molecular flexibility index (Phi) is 2.38. The van der Waals surface area contributed by atoms with Gasteiger partial charge in [-0.15, -0.1) is 0 Å². The van der Waals surface area contributed by atoms with Gasteiger partial charge in [-0.05, 0) is 6.07 Å². The summed E-state index contributed by atoms with van der Waals surface area (Å²) in [5.74, 6) is 0.512. The van der Waals surface area contributed by atoms with E-state index in [1.165, 1.54) is 12.1 Å². The van der Waals surface area contributed by atoms with Crippen LogP contribution in [0.5, 0.6) is 5.75 Å². The van der Waals surface area contributed by atoms with Gasteiger partial charge in [0.1, 0.15) is 5.75 Å². The van der Waals surface area contributed by atoms with Crippen molar-refractivity contribution in [3.05, 3.63) is 23.8 Å². The van der Waals surface area contributed by atoms with Crippen LogP contribution in [0.3, 0.4) is 0 Å². The van der Waals surface area contributed by atoms with E-state index < -0.39 is 9.05 Å². The van der Waals surface area contributed by atoms with Gasteiger partial charge in [0, 0.05) is 22.3 Å². The molecule has 0 aromatic heterocycles. The Morgan fingerprint density at radius 1 is 1.36 bits per heavy atom. The van der Waals surface area contributed by atoms with Gasteiger partial charge in [0.2, 0.25) is 0 Å². The van der Waals surface area contributed by atoms with Crippen LogP contribution in [0.15, 0.2) is 23.1 Å². The molecular formula is C8H7ClO4S. The van der Waals surface area contributed by atoms with E-state index in [0.717, 1.165) is 5.56 Å². The summed E-state index contributed by atoms with van der Waals surface area (Å²) in [6.45, 7) is 0.566. The van der Waals surface area contributed by atoms with Crippen molar-refractivity contribution in [2.24, 2.45) is 0 Å². The molecule has 0 saturated carbocycles. The smallest absolute Gasteiger partial charge is 0.261 e. The Hall–Kier alpha value is -0.780.